The van der Waals surface area contributed by atoms with Crippen molar-refractivity contribution in [3.05, 3.63) is 102 Å². The Labute approximate surface area is 213 Å². The highest BCUT2D eigenvalue weighted by Gasteiger charge is 2.32. The summed E-state index contributed by atoms with van der Waals surface area (Å²) in [5.41, 5.74) is 2.69. The van der Waals surface area contributed by atoms with Gasteiger partial charge in [-0.15, -0.1) is 0 Å². The summed E-state index contributed by atoms with van der Waals surface area (Å²) >= 11 is 0. The molecule has 0 bridgehead atoms. The summed E-state index contributed by atoms with van der Waals surface area (Å²) in [5.74, 6) is -0.737. The van der Waals surface area contributed by atoms with Gasteiger partial charge in [-0.05, 0) is 37.1 Å². The van der Waals surface area contributed by atoms with Crippen molar-refractivity contribution in [2.75, 3.05) is 20.1 Å². The minimum atomic E-state index is -3.89. The van der Waals surface area contributed by atoms with E-state index in [1.54, 1.807) is 12.1 Å². The fourth-order valence-corrected chi connectivity index (χ4v) is 5.00. The number of likely N-dealkylation sites (N-methyl/N-ethyl adjacent to an activating group) is 2. The van der Waals surface area contributed by atoms with Crippen LogP contribution in [0.1, 0.15) is 23.6 Å². The van der Waals surface area contributed by atoms with Gasteiger partial charge in [0.15, 0.2) is 0 Å². The van der Waals surface area contributed by atoms with Crippen LogP contribution in [0, 0.1) is 6.92 Å². The molecule has 0 radical (unpaired) electrons. The molecule has 1 N–H and O–H groups in total. The van der Waals surface area contributed by atoms with Crippen molar-refractivity contribution in [1.29, 1.82) is 0 Å². The molecule has 1 unspecified atom stereocenters. The number of hydrogen-bond acceptors (Lipinski definition) is 4. The van der Waals surface area contributed by atoms with E-state index in [1.165, 1.54) is 24.1 Å². The Morgan fingerprint density at radius 2 is 1.42 bits per heavy atom. The molecule has 3 rings (SSSR count). The number of nitrogens with one attached hydrogen (secondary N) is 1. The van der Waals surface area contributed by atoms with Gasteiger partial charge < -0.3 is 10.2 Å². The molecular formula is C28H33N3O4S. The Balaban J connectivity index is 1.93. The molecule has 0 saturated heterocycles. The summed E-state index contributed by atoms with van der Waals surface area (Å²) in [6.45, 7) is 3.89. The maximum absolute atomic E-state index is 13.7. The number of aryl methyl sites for hydroxylation is 1. The van der Waals surface area contributed by atoms with Gasteiger partial charge >= 0.3 is 0 Å². The molecule has 3 aromatic carbocycles. The second-order valence-corrected chi connectivity index (χ2v) is 10.7. The number of hydrogen-bond donors (Lipinski definition) is 1. The van der Waals surface area contributed by atoms with Crippen LogP contribution >= 0.6 is 0 Å². The smallest absolute Gasteiger partial charge is 0.243 e. The fourth-order valence-electron chi connectivity index (χ4n) is 3.88. The Morgan fingerprint density at radius 3 is 1.97 bits per heavy atom. The van der Waals surface area contributed by atoms with Gasteiger partial charge in [0.05, 0.1) is 11.4 Å². The lowest BCUT2D eigenvalue weighted by atomic mass is 10.0. The van der Waals surface area contributed by atoms with E-state index in [-0.39, 0.29) is 17.3 Å². The number of rotatable bonds is 11. The zero-order valence-corrected chi connectivity index (χ0v) is 21.7. The van der Waals surface area contributed by atoms with Crippen LogP contribution in [-0.2, 0) is 32.6 Å². The largest absolute Gasteiger partial charge is 0.355 e. The first-order chi connectivity index (χ1) is 17.2. The van der Waals surface area contributed by atoms with Crippen LogP contribution in [0.15, 0.2) is 89.8 Å². The Kier molecular flexibility index (Phi) is 9.38. The summed E-state index contributed by atoms with van der Waals surface area (Å²) in [7, 11) is -2.51. The van der Waals surface area contributed by atoms with Crippen LogP contribution in [-0.4, -0.2) is 55.6 Å². The number of sulfonamides is 1. The van der Waals surface area contributed by atoms with Gasteiger partial charge in [0.25, 0.3) is 0 Å². The molecule has 0 spiro atoms. The lowest BCUT2D eigenvalue weighted by molar-refractivity contribution is -0.141. The molecule has 2 amide bonds. The van der Waals surface area contributed by atoms with Gasteiger partial charge in [0.2, 0.25) is 21.8 Å². The molecule has 36 heavy (non-hydrogen) atoms. The predicted octanol–water partition coefficient (Wildman–Crippen LogP) is 3.39. The quantitative estimate of drug-likeness (QED) is 0.431. The molecule has 190 valence electrons. The van der Waals surface area contributed by atoms with Crippen molar-refractivity contribution >= 4 is 21.8 Å². The summed E-state index contributed by atoms with van der Waals surface area (Å²) < 4.78 is 27.3. The molecule has 0 saturated carbocycles. The van der Waals surface area contributed by atoms with Gasteiger partial charge in [-0.3, -0.25) is 9.59 Å². The van der Waals surface area contributed by atoms with E-state index in [2.05, 4.69) is 5.32 Å². The average Bonchev–Trinajstić information content (AvgIpc) is 2.87. The van der Waals surface area contributed by atoms with Crippen LogP contribution in [0.5, 0.6) is 0 Å². The van der Waals surface area contributed by atoms with Crippen LogP contribution < -0.4 is 5.32 Å². The first-order valence-corrected chi connectivity index (χ1v) is 13.3. The van der Waals surface area contributed by atoms with Crippen LogP contribution in [0.3, 0.4) is 0 Å². The number of benzene rings is 3. The zero-order valence-electron chi connectivity index (χ0n) is 20.9. The van der Waals surface area contributed by atoms with Crippen LogP contribution in [0.4, 0.5) is 0 Å². The van der Waals surface area contributed by atoms with E-state index in [9.17, 15) is 18.0 Å². The Hall–Kier alpha value is -3.49. The minimum Gasteiger partial charge on any atom is -0.355 e. The van der Waals surface area contributed by atoms with Crippen molar-refractivity contribution in [2.45, 2.75) is 37.8 Å². The molecule has 0 aliphatic carbocycles. The van der Waals surface area contributed by atoms with Gasteiger partial charge in [-0.2, -0.15) is 4.31 Å². The van der Waals surface area contributed by atoms with Crippen molar-refractivity contribution in [1.82, 2.24) is 14.5 Å². The average molecular weight is 508 g/mol. The van der Waals surface area contributed by atoms with Crippen molar-refractivity contribution in [3.8, 4) is 0 Å². The van der Waals surface area contributed by atoms with E-state index in [4.69, 9.17) is 0 Å². The highest BCUT2D eigenvalue weighted by atomic mass is 32.2. The Morgan fingerprint density at radius 1 is 0.861 bits per heavy atom. The molecule has 0 aliphatic heterocycles. The predicted molar refractivity (Wildman–Crippen MR) is 141 cm³/mol. The van der Waals surface area contributed by atoms with Crippen molar-refractivity contribution < 1.29 is 18.0 Å². The molecule has 0 aromatic heterocycles. The molecule has 3 aromatic rings. The first kappa shape index (κ1) is 27.1. The minimum absolute atomic E-state index is 0.113. The molecule has 0 fully saturated rings. The van der Waals surface area contributed by atoms with E-state index < -0.39 is 28.5 Å². The third-order valence-corrected chi connectivity index (χ3v) is 7.72. The lowest BCUT2D eigenvalue weighted by Crippen LogP contribution is -2.53. The first-order valence-electron chi connectivity index (χ1n) is 11.9. The van der Waals surface area contributed by atoms with E-state index in [0.29, 0.717) is 13.0 Å². The molecule has 8 heteroatoms. The van der Waals surface area contributed by atoms with E-state index >= 15 is 0 Å². The normalized spacial score (nSPS) is 12.2. The van der Waals surface area contributed by atoms with Gasteiger partial charge in [0.1, 0.15) is 6.04 Å². The number of carbonyl (C=O) groups is 2. The van der Waals surface area contributed by atoms with Crippen LogP contribution in [0.2, 0.25) is 0 Å². The highest BCUT2D eigenvalue weighted by molar-refractivity contribution is 7.89. The number of carbonyl (C=O) groups excluding carboxylic acids is 2. The molecule has 1 atom stereocenters. The molecule has 0 heterocycles. The second-order valence-electron chi connectivity index (χ2n) is 8.68. The fraction of sp³-hybridized carbons (Fsp3) is 0.286. The highest BCUT2D eigenvalue weighted by Crippen LogP contribution is 2.18. The maximum Gasteiger partial charge on any atom is 0.243 e. The summed E-state index contributed by atoms with van der Waals surface area (Å²) in [6.07, 6.45) is 0.305. The number of amides is 2. The summed E-state index contributed by atoms with van der Waals surface area (Å²) in [6, 6.07) is 24.5. The monoisotopic (exact) mass is 507 g/mol. The van der Waals surface area contributed by atoms with Crippen molar-refractivity contribution in [2.24, 2.45) is 0 Å². The second kappa shape index (κ2) is 12.5. The number of nitrogens with zero attached hydrogens (tertiary/aromatic N) is 2. The van der Waals surface area contributed by atoms with Gasteiger partial charge in [0, 0.05) is 26.6 Å². The Bertz CT molecular complexity index is 1250. The standard InChI is InChI=1S/C28H33N3O4S/c1-4-29-28(33)26(19-23-11-7-5-8-12-23)31(20-24-13-9-6-10-14-24)27(32)21-30(3)36(34,35)25-17-15-22(2)16-18-25/h5-18,26H,4,19-21H2,1-3H3,(H,29,33). The van der Waals surface area contributed by atoms with Crippen molar-refractivity contribution in [3.63, 3.8) is 0 Å². The van der Waals surface area contributed by atoms with Crippen LogP contribution in [0.25, 0.3) is 0 Å². The van der Waals surface area contributed by atoms with Gasteiger partial charge in [-0.25, -0.2) is 8.42 Å². The zero-order chi connectivity index (χ0) is 26.1. The summed E-state index contributed by atoms with van der Waals surface area (Å²) in [4.78, 5) is 28.4. The SMILES string of the molecule is CCNC(=O)C(Cc1ccccc1)N(Cc1ccccc1)C(=O)CN(C)S(=O)(=O)c1ccc(C)cc1. The molecular weight excluding hydrogens is 474 g/mol. The topological polar surface area (TPSA) is 86.8 Å². The van der Waals surface area contributed by atoms with Gasteiger partial charge in [-0.1, -0.05) is 78.4 Å². The lowest BCUT2D eigenvalue weighted by Gasteiger charge is -2.32. The molecule has 7 nitrogen and oxygen atoms in total. The maximum atomic E-state index is 13.7. The third kappa shape index (κ3) is 7.02. The van der Waals surface area contributed by atoms with E-state index in [0.717, 1.165) is 21.0 Å². The summed E-state index contributed by atoms with van der Waals surface area (Å²) in [5, 5.41) is 2.84. The third-order valence-electron chi connectivity index (χ3n) is 5.90. The van der Waals surface area contributed by atoms with E-state index in [1.807, 2.05) is 74.5 Å². The molecule has 0 aliphatic rings.